The molecule has 1 heterocycles. The fraction of sp³-hybridized carbons (Fsp3) is 0.286. The number of nitrogens with one attached hydrogen (secondary N) is 1. The van der Waals surface area contributed by atoms with Gasteiger partial charge in [0, 0.05) is 12.5 Å². The number of hydrogen-bond acceptors (Lipinski definition) is 5. The molecule has 0 spiro atoms. The molecule has 6 heteroatoms. The topological polar surface area (TPSA) is 84.9 Å². The molecule has 1 aliphatic rings. The molecule has 0 radical (unpaired) electrons. The molecule has 2 rings (SSSR count). The molecule has 0 bridgehead atoms. The standard InChI is InChI=1S/C14H15NO5/c1-8(16)15-13-11(17)12(18)14(2,20-13)9-5-4-6-10(7-9)19-3/h4-7,17H,1-3H3,(H,15,16). The molecule has 0 aromatic heterocycles. The first kappa shape index (κ1) is 13.9. The minimum absolute atomic E-state index is 0.229. The second-order valence-corrected chi connectivity index (χ2v) is 4.56. The second kappa shape index (κ2) is 4.88. The largest absolute Gasteiger partial charge is 0.501 e. The Bertz CT molecular complexity index is 607. The molecular weight excluding hydrogens is 262 g/mol. The van der Waals surface area contributed by atoms with Crippen molar-refractivity contribution in [2.45, 2.75) is 19.4 Å². The van der Waals surface area contributed by atoms with Gasteiger partial charge in [-0.3, -0.25) is 14.9 Å². The number of ketones is 1. The van der Waals surface area contributed by atoms with E-state index in [2.05, 4.69) is 5.32 Å². The molecule has 1 aliphatic heterocycles. The fourth-order valence-corrected chi connectivity index (χ4v) is 1.98. The number of rotatable bonds is 3. The number of Topliss-reactive ketones (excluding diaryl/α,β-unsaturated/α-hetero) is 1. The van der Waals surface area contributed by atoms with Crippen molar-refractivity contribution in [2.75, 3.05) is 7.11 Å². The van der Waals surface area contributed by atoms with Crippen LogP contribution in [-0.2, 0) is 19.9 Å². The average Bonchev–Trinajstić information content (AvgIpc) is 2.64. The van der Waals surface area contributed by atoms with Crippen LogP contribution in [0.2, 0.25) is 0 Å². The van der Waals surface area contributed by atoms with Crippen LogP contribution in [0.25, 0.3) is 0 Å². The lowest BCUT2D eigenvalue weighted by Gasteiger charge is -2.23. The smallest absolute Gasteiger partial charge is 0.250 e. The zero-order valence-electron chi connectivity index (χ0n) is 11.4. The number of methoxy groups -OCH3 is 1. The van der Waals surface area contributed by atoms with Crippen molar-refractivity contribution in [1.29, 1.82) is 0 Å². The minimum Gasteiger partial charge on any atom is -0.501 e. The van der Waals surface area contributed by atoms with E-state index in [1.165, 1.54) is 21.0 Å². The number of carbonyl (C=O) groups is 2. The van der Waals surface area contributed by atoms with Gasteiger partial charge in [0.15, 0.2) is 5.60 Å². The first-order valence-electron chi connectivity index (χ1n) is 5.97. The molecule has 0 fully saturated rings. The fourth-order valence-electron chi connectivity index (χ4n) is 1.98. The molecule has 0 aliphatic carbocycles. The van der Waals surface area contributed by atoms with Gasteiger partial charge in [0.05, 0.1) is 7.11 Å². The molecule has 0 saturated heterocycles. The van der Waals surface area contributed by atoms with Crippen molar-refractivity contribution in [2.24, 2.45) is 0 Å². The van der Waals surface area contributed by atoms with Crippen molar-refractivity contribution in [3.63, 3.8) is 0 Å². The Morgan fingerprint density at radius 3 is 2.75 bits per heavy atom. The maximum atomic E-state index is 12.2. The highest BCUT2D eigenvalue weighted by Gasteiger charge is 2.48. The van der Waals surface area contributed by atoms with Gasteiger partial charge in [-0.2, -0.15) is 0 Å². The molecule has 1 unspecified atom stereocenters. The molecule has 20 heavy (non-hydrogen) atoms. The zero-order chi connectivity index (χ0) is 14.9. The monoisotopic (exact) mass is 277 g/mol. The summed E-state index contributed by atoms with van der Waals surface area (Å²) in [7, 11) is 1.51. The highest BCUT2D eigenvalue weighted by molar-refractivity contribution is 6.03. The Kier molecular flexibility index (Phi) is 3.40. The van der Waals surface area contributed by atoms with Crippen LogP contribution in [0.15, 0.2) is 35.9 Å². The Hall–Kier alpha value is -2.50. The number of ether oxygens (including phenoxy) is 2. The SMILES string of the molecule is COc1cccc(C2(C)OC(NC(C)=O)=C(O)C2=O)c1. The van der Waals surface area contributed by atoms with Gasteiger partial charge in [0.25, 0.3) is 5.78 Å². The van der Waals surface area contributed by atoms with Crippen LogP contribution in [-0.4, -0.2) is 23.9 Å². The van der Waals surface area contributed by atoms with E-state index in [0.717, 1.165) is 0 Å². The lowest BCUT2D eigenvalue weighted by Crippen LogP contribution is -2.32. The van der Waals surface area contributed by atoms with Crippen LogP contribution in [0.5, 0.6) is 5.75 Å². The van der Waals surface area contributed by atoms with Gasteiger partial charge >= 0.3 is 0 Å². The summed E-state index contributed by atoms with van der Waals surface area (Å²) in [5, 5.41) is 12.1. The summed E-state index contributed by atoms with van der Waals surface area (Å²) in [6, 6.07) is 6.77. The molecule has 0 saturated carbocycles. The van der Waals surface area contributed by atoms with Gasteiger partial charge < -0.3 is 14.6 Å². The molecule has 6 nitrogen and oxygen atoms in total. The number of amides is 1. The Labute approximate surface area is 116 Å². The number of hydrogen-bond donors (Lipinski definition) is 2. The van der Waals surface area contributed by atoms with E-state index >= 15 is 0 Å². The molecule has 1 atom stereocenters. The van der Waals surface area contributed by atoms with Crippen LogP contribution in [0.3, 0.4) is 0 Å². The summed E-state index contributed by atoms with van der Waals surface area (Å²) >= 11 is 0. The summed E-state index contributed by atoms with van der Waals surface area (Å²) in [5.41, 5.74) is -0.870. The third-order valence-corrected chi connectivity index (χ3v) is 3.08. The van der Waals surface area contributed by atoms with E-state index in [1.54, 1.807) is 24.3 Å². The third kappa shape index (κ3) is 2.20. The highest BCUT2D eigenvalue weighted by Crippen LogP contribution is 2.37. The number of aliphatic hydroxyl groups excluding tert-OH is 1. The van der Waals surface area contributed by atoms with Gasteiger partial charge in [0.1, 0.15) is 5.75 Å². The number of aliphatic hydroxyl groups is 1. The van der Waals surface area contributed by atoms with Crippen molar-refractivity contribution in [3.8, 4) is 5.75 Å². The summed E-state index contributed by atoms with van der Waals surface area (Å²) in [5.74, 6) is -1.31. The lowest BCUT2D eigenvalue weighted by atomic mass is 9.91. The number of carbonyl (C=O) groups excluding carboxylic acids is 2. The van der Waals surface area contributed by atoms with Crippen LogP contribution >= 0.6 is 0 Å². The van der Waals surface area contributed by atoms with E-state index in [9.17, 15) is 14.7 Å². The first-order chi connectivity index (χ1) is 9.38. The molecule has 1 aromatic rings. The molecule has 1 aromatic carbocycles. The van der Waals surface area contributed by atoms with E-state index in [0.29, 0.717) is 11.3 Å². The molecule has 2 N–H and O–H groups in total. The van der Waals surface area contributed by atoms with Crippen LogP contribution in [0.4, 0.5) is 0 Å². The van der Waals surface area contributed by atoms with Gasteiger partial charge in [0.2, 0.25) is 17.5 Å². The van der Waals surface area contributed by atoms with Crippen LogP contribution in [0.1, 0.15) is 19.4 Å². The maximum absolute atomic E-state index is 12.2. The molecule has 106 valence electrons. The zero-order valence-corrected chi connectivity index (χ0v) is 11.4. The Morgan fingerprint density at radius 2 is 2.15 bits per heavy atom. The van der Waals surface area contributed by atoms with E-state index < -0.39 is 23.1 Å². The summed E-state index contributed by atoms with van der Waals surface area (Å²) < 4.78 is 10.6. The van der Waals surface area contributed by atoms with E-state index in [4.69, 9.17) is 9.47 Å². The van der Waals surface area contributed by atoms with Gasteiger partial charge in [-0.05, 0) is 19.1 Å². The first-order valence-corrected chi connectivity index (χ1v) is 5.97. The van der Waals surface area contributed by atoms with E-state index in [-0.39, 0.29) is 5.88 Å². The van der Waals surface area contributed by atoms with E-state index in [1.807, 2.05) is 0 Å². The molecule has 1 amide bonds. The summed E-state index contributed by atoms with van der Waals surface area (Å²) in [6.45, 7) is 2.78. The van der Waals surface area contributed by atoms with Gasteiger partial charge in [-0.25, -0.2) is 0 Å². The lowest BCUT2D eigenvalue weighted by molar-refractivity contribution is -0.132. The normalized spacial score (nSPS) is 21.6. The third-order valence-electron chi connectivity index (χ3n) is 3.08. The quantitative estimate of drug-likeness (QED) is 0.871. The van der Waals surface area contributed by atoms with Gasteiger partial charge in [-0.15, -0.1) is 0 Å². The van der Waals surface area contributed by atoms with Gasteiger partial charge in [-0.1, -0.05) is 12.1 Å². The van der Waals surface area contributed by atoms with Crippen molar-refractivity contribution < 1.29 is 24.2 Å². The van der Waals surface area contributed by atoms with Crippen molar-refractivity contribution in [1.82, 2.24) is 5.32 Å². The summed E-state index contributed by atoms with van der Waals surface area (Å²) in [6.07, 6.45) is 0. The maximum Gasteiger partial charge on any atom is 0.250 e. The van der Waals surface area contributed by atoms with Crippen LogP contribution < -0.4 is 10.1 Å². The minimum atomic E-state index is -1.39. The predicted octanol–water partition coefficient (Wildman–Crippen LogP) is 1.37. The Morgan fingerprint density at radius 1 is 1.45 bits per heavy atom. The highest BCUT2D eigenvalue weighted by atomic mass is 16.5. The van der Waals surface area contributed by atoms with Crippen LogP contribution in [0, 0.1) is 0 Å². The average molecular weight is 277 g/mol. The second-order valence-electron chi connectivity index (χ2n) is 4.56. The number of benzene rings is 1. The predicted molar refractivity (Wildman–Crippen MR) is 69.9 cm³/mol. The van der Waals surface area contributed by atoms with Crippen molar-refractivity contribution >= 4 is 11.7 Å². The molecular formula is C14H15NO5. The Balaban J connectivity index is 2.38. The van der Waals surface area contributed by atoms with Crippen molar-refractivity contribution in [3.05, 3.63) is 41.5 Å². The summed E-state index contributed by atoms with van der Waals surface area (Å²) in [4.78, 5) is 23.2.